The van der Waals surface area contributed by atoms with E-state index in [1.165, 1.54) is 0 Å². The molecule has 0 aromatic heterocycles. The van der Waals surface area contributed by atoms with Crippen LogP contribution in [-0.4, -0.2) is 31.7 Å². The minimum Gasteiger partial charge on any atom is -0.381 e. The molecule has 2 aliphatic heterocycles. The fourth-order valence-electron chi connectivity index (χ4n) is 2.17. The summed E-state index contributed by atoms with van der Waals surface area (Å²) < 4.78 is 10.7. The highest BCUT2D eigenvalue weighted by Crippen LogP contribution is 2.20. The summed E-state index contributed by atoms with van der Waals surface area (Å²) in [5.74, 6) is 0.550. The zero-order valence-electron chi connectivity index (χ0n) is 8.54. The summed E-state index contributed by atoms with van der Waals surface area (Å²) in [7, 11) is 0. The second-order valence-corrected chi connectivity index (χ2v) is 4.20. The highest BCUT2D eigenvalue weighted by Gasteiger charge is 2.24. The molecule has 2 saturated heterocycles. The molecule has 2 unspecified atom stereocenters. The van der Waals surface area contributed by atoms with Gasteiger partial charge in [-0.15, -0.1) is 0 Å². The van der Waals surface area contributed by atoms with Crippen LogP contribution in [-0.2, 0) is 14.3 Å². The van der Waals surface area contributed by atoms with Crippen molar-refractivity contribution in [1.82, 2.24) is 0 Å². The van der Waals surface area contributed by atoms with Gasteiger partial charge in [0.25, 0.3) is 0 Å². The van der Waals surface area contributed by atoms with Crippen molar-refractivity contribution in [2.75, 3.05) is 19.8 Å². The second-order valence-electron chi connectivity index (χ2n) is 4.20. The summed E-state index contributed by atoms with van der Waals surface area (Å²) >= 11 is 0. The minimum atomic E-state index is 0.177. The standard InChI is InChI=1S/C11H18O3/c12-11(9-5-7-13-8-9)4-3-10-2-1-6-14-10/h9-10H,1-8H2. The Morgan fingerprint density at radius 2 is 2.21 bits per heavy atom. The fourth-order valence-corrected chi connectivity index (χ4v) is 2.17. The maximum atomic E-state index is 11.7. The van der Waals surface area contributed by atoms with Crippen LogP contribution in [0.15, 0.2) is 0 Å². The van der Waals surface area contributed by atoms with E-state index in [1.807, 2.05) is 0 Å². The lowest BCUT2D eigenvalue weighted by Gasteiger charge is -2.10. The summed E-state index contributed by atoms with van der Waals surface area (Å²) in [6.07, 6.45) is 5.15. The van der Waals surface area contributed by atoms with Crippen LogP contribution in [0.25, 0.3) is 0 Å². The molecule has 80 valence electrons. The average Bonchev–Trinajstić information content (AvgIpc) is 2.87. The Hall–Kier alpha value is -0.410. The van der Waals surface area contributed by atoms with Crippen LogP contribution in [0.3, 0.4) is 0 Å². The number of Topliss-reactive ketones (excluding diaryl/α,β-unsaturated/α-hetero) is 1. The third kappa shape index (κ3) is 2.55. The van der Waals surface area contributed by atoms with Gasteiger partial charge in [0.1, 0.15) is 5.78 Å². The van der Waals surface area contributed by atoms with Gasteiger partial charge in [0.05, 0.1) is 12.7 Å². The van der Waals surface area contributed by atoms with Crippen molar-refractivity contribution >= 4 is 5.78 Å². The van der Waals surface area contributed by atoms with E-state index < -0.39 is 0 Å². The van der Waals surface area contributed by atoms with E-state index in [4.69, 9.17) is 9.47 Å². The van der Waals surface area contributed by atoms with Gasteiger partial charge in [-0.3, -0.25) is 4.79 Å². The number of carbonyl (C=O) groups is 1. The molecule has 0 aromatic rings. The van der Waals surface area contributed by atoms with Gasteiger partial charge in [-0.2, -0.15) is 0 Å². The van der Waals surface area contributed by atoms with Crippen molar-refractivity contribution in [3.63, 3.8) is 0 Å². The van der Waals surface area contributed by atoms with Crippen molar-refractivity contribution in [3.05, 3.63) is 0 Å². The Morgan fingerprint density at radius 3 is 2.86 bits per heavy atom. The van der Waals surface area contributed by atoms with E-state index in [0.29, 0.717) is 24.9 Å². The summed E-state index contributed by atoms with van der Waals surface area (Å²) in [6, 6.07) is 0. The first kappa shape index (κ1) is 10.1. The van der Waals surface area contributed by atoms with Crippen LogP contribution in [0.2, 0.25) is 0 Å². The maximum absolute atomic E-state index is 11.7. The van der Waals surface area contributed by atoms with Crippen molar-refractivity contribution in [2.45, 2.75) is 38.2 Å². The van der Waals surface area contributed by atoms with Crippen LogP contribution in [0, 0.1) is 5.92 Å². The van der Waals surface area contributed by atoms with Gasteiger partial charge in [0.2, 0.25) is 0 Å². The van der Waals surface area contributed by atoms with Gasteiger partial charge >= 0.3 is 0 Å². The second kappa shape index (κ2) is 4.89. The number of carbonyl (C=O) groups excluding carboxylic acids is 1. The predicted molar refractivity (Wildman–Crippen MR) is 52.1 cm³/mol. The smallest absolute Gasteiger partial charge is 0.138 e. The Morgan fingerprint density at radius 1 is 1.29 bits per heavy atom. The summed E-state index contributed by atoms with van der Waals surface area (Å²) in [4.78, 5) is 11.7. The SMILES string of the molecule is O=C(CCC1CCCO1)C1CCOC1. The van der Waals surface area contributed by atoms with E-state index in [2.05, 4.69) is 0 Å². The average molecular weight is 198 g/mol. The van der Waals surface area contributed by atoms with Crippen LogP contribution < -0.4 is 0 Å². The molecule has 2 aliphatic rings. The van der Waals surface area contributed by atoms with Crippen LogP contribution in [0.4, 0.5) is 0 Å². The molecule has 0 N–H and O–H groups in total. The molecule has 0 aliphatic carbocycles. The molecule has 0 amide bonds. The first-order valence-electron chi connectivity index (χ1n) is 5.58. The Balaban J connectivity index is 1.66. The number of ether oxygens (including phenoxy) is 2. The molecule has 3 nitrogen and oxygen atoms in total. The minimum absolute atomic E-state index is 0.177. The van der Waals surface area contributed by atoms with E-state index >= 15 is 0 Å². The number of hydrogen-bond acceptors (Lipinski definition) is 3. The zero-order chi connectivity index (χ0) is 9.80. The Bertz CT molecular complexity index is 191. The number of rotatable bonds is 4. The number of ketones is 1. The monoisotopic (exact) mass is 198 g/mol. The quantitative estimate of drug-likeness (QED) is 0.687. The fraction of sp³-hybridized carbons (Fsp3) is 0.909. The summed E-state index contributed by atoms with van der Waals surface area (Å²) in [5.41, 5.74) is 0. The van der Waals surface area contributed by atoms with Gasteiger partial charge < -0.3 is 9.47 Å². The lowest BCUT2D eigenvalue weighted by Crippen LogP contribution is -2.16. The maximum Gasteiger partial charge on any atom is 0.138 e. The Kier molecular flexibility index (Phi) is 3.54. The van der Waals surface area contributed by atoms with E-state index in [0.717, 1.165) is 38.9 Å². The molecule has 0 radical (unpaired) electrons. The summed E-state index contributed by atoms with van der Waals surface area (Å²) in [5, 5.41) is 0. The molecule has 2 fully saturated rings. The van der Waals surface area contributed by atoms with Gasteiger partial charge in [0, 0.05) is 25.6 Å². The number of hydrogen-bond donors (Lipinski definition) is 0. The predicted octanol–water partition coefficient (Wildman–Crippen LogP) is 1.55. The van der Waals surface area contributed by atoms with Crippen molar-refractivity contribution < 1.29 is 14.3 Å². The van der Waals surface area contributed by atoms with Crippen molar-refractivity contribution in [2.24, 2.45) is 5.92 Å². The van der Waals surface area contributed by atoms with Crippen LogP contribution in [0.5, 0.6) is 0 Å². The molecule has 0 aromatic carbocycles. The molecule has 2 rings (SSSR count). The summed E-state index contributed by atoms with van der Waals surface area (Å²) in [6.45, 7) is 2.28. The zero-order valence-corrected chi connectivity index (χ0v) is 8.54. The van der Waals surface area contributed by atoms with E-state index in [1.54, 1.807) is 0 Å². The van der Waals surface area contributed by atoms with E-state index in [9.17, 15) is 4.79 Å². The third-order valence-corrected chi connectivity index (χ3v) is 3.12. The van der Waals surface area contributed by atoms with Gasteiger partial charge in [-0.05, 0) is 25.7 Å². The molecule has 2 heterocycles. The largest absolute Gasteiger partial charge is 0.381 e. The lowest BCUT2D eigenvalue weighted by atomic mass is 9.98. The van der Waals surface area contributed by atoms with Gasteiger partial charge in [-0.1, -0.05) is 0 Å². The highest BCUT2D eigenvalue weighted by atomic mass is 16.5. The molecular formula is C11H18O3. The molecule has 14 heavy (non-hydrogen) atoms. The van der Waals surface area contributed by atoms with Crippen LogP contribution >= 0.6 is 0 Å². The van der Waals surface area contributed by atoms with Gasteiger partial charge in [0.15, 0.2) is 0 Å². The molecule has 0 bridgehead atoms. The first-order valence-corrected chi connectivity index (χ1v) is 5.58. The Labute approximate surface area is 84.8 Å². The molecule has 0 spiro atoms. The van der Waals surface area contributed by atoms with Crippen molar-refractivity contribution in [1.29, 1.82) is 0 Å². The normalized spacial score (nSPS) is 32.3. The molecular weight excluding hydrogens is 180 g/mol. The lowest BCUT2D eigenvalue weighted by molar-refractivity contribution is -0.123. The first-order chi connectivity index (χ1) is 6.86. The van der Waals surface area contributed by atoms with Crippen molar-refractivity contribution in [3.8, 4) is 0 Å². The topological polar surface area (TPSA) is 35.5 Å². The van der Waals surface area contributed by atoms with Gasteiger partial charge in [-0.25, -0.2) is 0 Å². The molecule has 2 atom stereocenters. The van der Waals surface area contributed by atoms with Crippen LogP contribution in [0.1, 0.15) is 32.1 Å². The third-order valence-electron chi connectivity index (χ3n) is 3.12. The molecule has 3 heteroatoms. The highest BCUT2D eigenvalue weighted by molar-refractivity contribution is 5.81. The van der Waals surface area contributed by atoms with E-state index in [-0.39, 0.29) is 5.92 Å². The molecule has 0 saturated carbocycles.